The minimum atomic E-state index is 0.0126. The molecule has 0 aliphatic rings. The van der Waals surface area contributed by atoms with E-state index < -0.39 is 0 Å². The summed E-state index contributed by atoms with van der Waals surface area (Å²) in [6, 6.07) is 8.11. The van der Waals surface area contributed by atoms with Crippen LogP contribution in [0.5, 0.6) is 5.75 Å². The number of hydrogen-bond acceptors (Lipinski definition) is 4. The molecule has 3 N–H and O–H groups in total. The lowest BCUT2D eigenvalue weighted by molar-refractivity contribution is 0.317. The maximum atomic E-state index is 7.33. The van der Waals surface area contributed by atoms with Crippen LogP contribution in [0.1, 0.15) is 36.0 Å². The van der Waals surface area contributed by atoms with E-state index in [1.165, 1.54) is 16.9 Å². The van der Waals surface area contributed by atoms with Crippen molar-refractivity contribution in [2.75, 3.05) is 6.61 Å². The highest BCUT2D eigenvalue weighted by Crippen LogP contribution is 2.26. The Balaban J connectivity index is 1.94. The van der Waals surface area contributed by atoms with Crippen LogP contribution in [0.4, 0.5) is 0 Å². The Morgan fingerprint density at radius 3 is 2.80 bits per heavy atom. The molecule has 0 unspecified atom stereocenters. The fourth-order valence-corrected chi connectivity index (χ4v) is 2.67. The molecule has 106 valence electrons. The summed E-state index contributed by atoms with van der Waals surface area (Å²) in [4.78, 5) is 4.29. The molecule has 1 aromatic heterocycles. The van der Waals surface area contributed by atoms with Gasteiger partial charge in [0.2, 0.25) is 0 Å². The lowest BCUT2D eigenvalue weighted by Crippen LogP contribution is -2.11. The molecule has 0 aliphatic carbocycles. The van der Waals surface area contributed by atoms with Gasteiger partial charge in [0, 0.05) is 11.8 Å². The van der Waals surface area contributed by atoms with Gasteiger partial charge in [0.1, 0.15) is 17.3 Å². The number of nitrogens with zero attached hydrogens (tertiary/aromatic N) is 1. The van der Waals surface area contributed by atoms with Crippen LogP contribution >= 0.6 is 11.3 Å². The number of thiazole rings is 1. The third-order valence-corrected chi connectivity index (χ3v) is 3.85. The van der Waals surface area contributed by atoms with Crippen LogP contribution < -0.4 is 10.5 Å². The van der Waals surface area contributed by atoms with E-state index in [0.29, 0.717) is 18.2 Å². The van der Waals surface area contributed by atoms with E-state index in [2.05, 4.69) is 24.9 Å². The number of rotatable bonds is 6. The third-order valence-electron chi connectivity index (χ3n) is 2.94. The number of aromatic nitrogens is 1. The molecule has 0 spiro atoms. The van der Waals surface area contributed by atoms with Crippen LogP contribution in [0.25, 0.3) is 0 Å². The number of nitrogens with two attached hydrogens (primary N) is 1. The Labute approximate surface area is 123 Å². The zero-order chi connectivity index (χ0) is 14.5. The monoisotopic (exact) mass is 289 g/mol. The van der Waals surface area contributed by atoms with Crippen LogP contribution in [-0.4, -0.2) is 17.4 Å². The fourth-order valence-electron chi connectivity index (χ4n) is 1.89. The van der Waals surface area contributed by atoms with Crippen molar-refractivity contribution < 1.29 is 4.74 Å². The predicted molar refractivity (Wildman–Crippen MR) is 82.9 cm³/mol. The molecule has 0 amide bonds. The van der Waals surface area contributed by atoms with E-state index in [1.54, 1.807) is 5.38 Å². The highest BCUT2D eigenvalue weighted by molar-refractivity contribution is 7.09. The van der Waals surface area contributed by atoms with Gasteiger partial charge in [-0.2, -0.15) is 0 Å². The quantitative estimate of drug-likeness (QED) is 0.633. The molecular formula is C15H19N3OS. The van der Waals surface area contributed by atoms with Gasteiger partial charge in [0.15, 0.2) is 0 Å². The van der Waals surface area contributed by atoms with Gasteiger partial charge in [-0.15, -0.1) is 11.3 Å². The van der Waals surface area contributed by atoms with Gasteiger partial charge in [0.05, 0.1) is 11.6 Å². The Hall–Kier alpha value is -1.88. The average Bonchev–Trinajstić information content (AvgIpc) is 2.88. The molecule has 2 aromatic rings. The lowest BCUT2D eigenvalue weighted by Gasteiger charge is -2.13. The summed E-state index contributed by atoms with van der Waals surface area (Å²) in [7, 11) is 0. The van der Waals surface area contributed by atoms with Gasteiger partial charge in [-0.1, -0.05) is 32.0 Å². The van der Waals surface area contributed by atoms with E-state index in [4.69, 9.17) is 15.9 Å². The van der Waals surface area contributed by atoms with Crippen LogP contribution in [-0.2, 0) is 6.42 Å². The molecule has 0 atom stereocenters. The summed E-state index contributed by atoms with van der Waals surface area (Å²) in [6.45, 7) is 4.89. The molecule has 0 radical (unpaired) electrons. The van der Waals surface area contributed by atoms with Crippen molar-refractivity contribution in [3.05, 3.63) is 45.9 Å². The first-order chi connectivity index (χ1) is 9.58. The highest BCUT2D eigenvalue weighted by atomic mass is 32.1. The van der Waals surface area contributed by atoms with Crippen molar-refractivity contribution in [2.24, 2.45) is 5.73 Å². The molecule has 1 aromatic carbocycles. The molecule has 0 saturated heterocycles. The maximum absolute atomic E-state index is 7.33. The van der Waals surface area contributed by atoms with E-state index >= 15 is 0 Å². The number of hydrogen-bond donors (Lipinski definition) is 2. The number of benzene rings is 1. The van der Waals surface area contributed by atoms with Crippen molar-refractivity contribution in [1.82, 2.24) is 4.98 Å². The van der Waals surface area contributed by atoms with Crippen molar-refractivity contribution in [3.63, 3.8) is 0 Å². The number of amidine groups is 1. The topological polar surface area (TPSA) is 72.0 Å². The maximum Gasteiger partial charge on any atom is 0.142 e. The van der Waals surface area contributed by atoms with E-state index in [9.17, 15) is 0 Å². The zero-order valence-corrected chi connectivity index (χ0v) is 12.5. The number of nitrogens with one attached hydrogen (secondary N) is 1. The average molecular weight is 289 g/mol. The van der Waals surface area contributed by atoms with Gasteiger partial charge >= 0.3 is 0 Å². The first-order valence-electron chi connectivity index (χ1n) is 6.58. The second-order valence-electron chi connectivity index (χ2n) is 4.83. The minimum Gasteiger partial charge on any atom is -0.493 e. The molecular weight excluding hydrogens is 270 g/mol. The first kappa shape index (κ1) is 14.5. The van der Waals surface area contributed by atoms with E-state index in [-0.39, 0.29) is 5.84 Å². The summed E-state index contributed by atoms with van der Waals surface area (Å²) >= 11 is 1.51. The largest absolute Gasteiger partial charge is 0.493 e. The van der Waals surface area contributed by atoms with Crippen molar-refractivity contribution in [3.8, 4) is 5.75 Å². The van der Waals surface area contributed by atoms with E-state index in [1.807, 2.05) is 18.2 Å². The van der Waals surface area contributed by atoms with Gasteiger partial charge in [0.25, 0.3) is 0 Å². The zero-order valence-electron chi connectivity index (χ0n) is 11.7. The number of nitrogen functional groups attached to an aromatic ring is 1. The van der Waals surface area contributed by atoms with Crippen LogP contribution in [0.3, 0.4) is 0 Å². The van der Waals surface area contributed by atoms with Crippen LogP contribution in [0, 0.1) is 5.41 Å². The molecule has 0 bridgehead atoms. The lowest BCUT2D eigenvalue weighted by atomic mass is 10.0. The highest BCUT2D eigenvalue weighted by Gasteiger charge is 2.08. The Morgan fingerprint density at radius 1 is 1.40 bits per heavy atom. The second-order valence-corrected chi connectivity index (χ2v) is 5.77. The first-order valence-corrected chi connectivity index (χ1v) is 7.46. The van der Waals surface area contributed by atoms with Gasteiger partial charge in [-0.25, -0.2) is 4.98 Å². The summed E-state index contributed by atoms with van der Waals surface area (Å²) in [5, 5.41) is 10.1. The normalized spacial score (nSPS) is 10.8. The Kier molecular flexibility index (Phi) is 4.74. The number of para-hydroxylation sites is 1. The Bertz CT molecular complexity index is 592. The predicted octanol–water partition coefficient (Wildman–Crippen LogP) is 3.17. The van der Waals surface area contributed by atoms with E-state index in [0.717, 1.165) is 17.2 Å². The summed E-state index contributed by atoms with van der Waals surface area (Å²) in [5.74, 6) is 1.39. The summed E-state index contributed by atoms with van der Waals surface area (Å²) < 4.78 is 5.85. The van der Waals surface area contributed by atoms with Crippen molar-refractivity contribution >= 4 is 17.2 Å². The molecule has 0 saturated carbocycles. The molecule has 2 rings (SSSR count). The molecule has 1 heterocycles. The molecule has 5 heteroatoms. The molecule has 4 nitrogen and oxygen atoms in total. The standard InChI is InChI=1S/C15H19N3OS/c1-10(2)11-5-3-4-6-13(11)19-8-7-14-18-12(9-20-14)15(16)17/h3-6,9-10H,7-8H2,1-2H3,(H3,16,17). The number of ether oxygens (including phenoxy) is 1. The smallest absolute Gasteiger partial charge is 0.142 e. The fraction of sp³-hybridized carbons (Fsp3) is 0.333. The van der Waals surface area contributed by atoms with Crippen LogP contribution in [0.2, 0.25) is 0 Å². The summed E-state index contributed by atoms with van der Waals surface area (Å²) in [6.07, 6.45) is 0.727. The molecule has 0 fully saturated rings. The summed E-state index contributed by atoms with van der Waals surface area (Å²) in [5.41, 5.74) is 7.16. The molecule has 20 heavy (non-hydrogen) atoms. The van der Waals surface area contributed by atoms with Gasteiger partial charge in [-0.3, -0.25) is 5.41 Å². The minimum absolute atomic E-state index is 0.0126. The van der Waals surface area contributed by atoms with Crippen molar-refractivity contribution in [1.29, 1.82) is 5.41 Å². The van der Waals surface area contributed by atoms with Crippen LogP contribution in [0.15, 0.2) is 29.6 Å². The van der Waals surface area contributed by atoms with Gasteiger partial charge in [-0.05, 0) is 17.5 Å². The third kappa shape index (κ3) is 3.57. The molecule has 0 aliphatic heterocycles. The SMILES string of the molecule is CC(C)c1ccccc1OCCc1nc(C(=N)N)cs1. The Morgan fingerprint density at radius 2 is 2.15 bits per heavy atom. The van der Waals surface area contributed by atoms with Gasteiger partial charge < -0.3 is 10.5 Å². The second kappa shape index (κ2) is 6.52. The van der Waals surface area contributed by atoms with Crippen molar-refractivity contribution in [2.45, 2.75) is 26.2 Å².